The highest BCUT2D eigenvalue weighted by molar-refractivity contribution is 5.43. The van der Waals surface area contributed by atoms with Gasteiger partial charge < -0.3 is 10.5 Å². The van der Waals surface area contributed by atoms with Gasteiger partial charge in [-0.15, -0.1) is 0 Å². The van der Waals surface area contributed by atoms with E-state index in [4.69, 9.17) is 10.5 Å². The van der Waals surface area contributed by atoms with E-state index in [-0.39, 0.29) is 0 Å². The summed E-state index contributed by atoms with van der Waals surface area (Å²) >= 11 is 0. The molecule has 0 saturated heterocycles. The van der Waals surface area contributed by atoms with Crippen LogP contribution in [0.2, 0.25) is 0 Å². The summed E-state index contributed by atoms with van der Waals surface area (Å²) in [7, 11) is 1.78. The van der Waals surface area contributed by atoms with Crippen molar-refractivity contribution in [2.45, 2.75) is 51.4 Å². The minimum atomic E-state index is 0.785. The zero-order valence-electron chi connectivity index (χ0n) is 11.5. The molecule has 0 spiro atoms. The summed E-state index contributed by atoms with van der Waals surface area (Å²) in [5.74, 6) is 1.08. The van der Waals surface area contributed by atoms with Crippen LogP contribution in [0.25, 0.3) is 0 Å². The van der Waals surface area contributed by atoms with Crippen molar-refractivity contribution in [3.63, 3.8) is 0 Å². The monoisotopic (exact) mass is 247 g/mol. The normalized spacial score (nSPS) is 15.0. The van der Waals surface area contributed by atoms with Gasteiger partial charge in [0.25, 0.3) is 0 Å². The maximum Gasteiger partial charge on any atom is 0.122 e. The Morgan fingerprint density at radius 2 is 1.78 bits per heavy atom. The van der Waals surface area contributed by atoms with Crippen molar-refractivity contribution in [2.75, 3.05) is 13.7 Å². The number of aryl methyl sites for hydroxylation is 3. The third-order valence-electron chi connectivity index (χ3n) is 3.90. The molecule has 0 amide bonds. The van der Waals surface area contributed by atoms with Gasteiger partial charge in [-0.3, -0.25) is 0 Å². The molecule has 1 aromatic carbocycles. The second-order valence-electron chi connectivity index (χ2n) is 5.24. The van der Waals surface area contributed by atoms with Gasteiger partial charge in [0, 0.05) is 0 Å². The summed E-state index contributed by atoms with van der Waals surface area (Å²) in [5, 5.41) is 0. The molecule has 0 bridgehead atoms. The summed E-state index contributed by atoms with van der Waals surface area (Å²) in [6.07, 6.45) is 9.82. The molecule has 0 saturated carbocycles. The highest BCUT2D eigenvalue weighted by Gasteiger charge is 2.12. The van der Waals surface area contributed by atoms with Gasteiger partial charge in [-0.1, -0.05) is 12.5 Å². The molecule has 1 aliphatic rings. The zero-order valence-corrected chi connectivity index (χ0v) is 11.5. The second kappa shape index (κ2) is 6.79. The smallest absolute Gasteiger partial charge is 0.122 e. The molecule has 2 nitrogen and oxygen atoms in total. The number of hydrogen-bond donors (Lipinski definition) is 1. The number of hydrogen-bond acceptors (Lipinski definition) is 2. The lowest BCUT2D eigenvalue weighted by atomic mass is 9.96. The Balaban J connectivity index is 2.19. The van der Waals surface area contributed by atoms with Crippen LogP contribution in [0.1, 0.15) is 48.8 Å². The fourth-order valence-electron chi connectivity index (χ4n) is 2.84. The number of methoxy groups -OCH3 is 1. The van der Waals surface area contributed by atoms with E-state index in [1.807, 2.05) is 0 Å². The first kappa shape index (κ1) is 13.4. The number of rotatable bonds is 5. The van der Waals surface area contributed by atoms with Gasteiger partial charge in [0.05, 0.1) is 7.11 Å². The number of nitrogens with two attached hydrogens (primary N) is 1. The van der Waals surface area contributed by atoms with E-state index in [9.17, 15) is 0 Å². The highest BCUT2D eigenvalue weighted by Crippen LogP contribution is 2.29. The summed E-state index contributed by atoms with van der Waals surface area (Å²) in [6.45, 7) is 0.785. The van der Waals surface area contributed by atoms with Crippen molar-refractivity contribution in [1.29, 1.82) is 0 Å². The van der Waals surface area contributed by atoms with E-state index in [0.29, 0.717) is 0 Å². The number of fused-ring (bicyclic) bond motifs is 1. The Morgan fingerprint density at radius 1 is 1.06 bits per heavy atom. The molecule has 2 N–H and O–H groups in total. The van der Waals surface area contributed by atoms with Gasteiger partial charge >= 0.3 is 0 Å². The average Bonchev–Trinajstić information content (AvgIpc) is 2.62. The molecule has 2 rings (SSSR count). The van der Waals surface area contributed by atoms with E-state index < -0.39 is 0 Å². The lowest BCUT2D eigenvalue weighted by molar-refractivity contribution is 0.408. The van der Waals surface area contributed by atoms with Crippen LogP contribution in [-0.2, 0) is 19.3 Å². The first-order chi connectivity index (χ1) is 8.85. The van der Waals surface area contributed by atoms with Gasteiger partial charge in [-0.25, -0.2) is 0 Å². The molecular weight excluding hydrogens is 222 g/mol. The maximum absolute atomic E-state index is 5.56. The van der Waals surface area contributed by atoms with Crippen molar-refractivity contribution in [3.8, 4) is 5.75 Å². The first-order valence-corrected chi connectivity index (χ1v) is 7.24. The van der Waals surface area contributed by atoms with E-state index in [1.54, 1.807) is 12.7 Å². The number of benzene rings is 1. The van der Waals surface area contributed by atoms with E-state index >= 15 is 0 Å². The average molecular weight is 247 g/mol. The lowest BCUT2D eigenvalue weighted by Gasteiger charge is -2.14. The molecule has 0 radical (unpaired) electrons. The predicted octanol–water partition coefficient (Wildman–Crippen LogP) is 3.25. The van der Waals surface area contributed by atoms with Crippen LogP contribution >= 0.6 is 0 Å². The van der Waals surface area contributed by atoms with Crippen LogP contribution in [0.15, 0.2) is 12.1 Å². The summed E-state index contributed by atoms with van der Waals surface area (Å²) in [4.78, 5) is 0. The van der Waals surface area contributed by atoms with E-state index in [1.165, 1.54) is 43.2 Å². The largest absolute Gasteiger partial charge is 0.496 e. The fraction of sp³-hybridized carbons (Fsp3) is 0.625. The van der Waals surface area contributed by atoms with Gasteiger partial charge in [-0.05, 0) is 74.2 Å². The maximum atomic E-state index is 5.56. The van der Waals surface area contributed by atoms with Crippen LogP contribution in [0.3, 0.4) is 0 Å². The Morgan fingerprint density at radius 3 is 2.44 bits per heavy atom. The molecule has 0 atom stereocenters. The minimum Gasteiger partial charge on any atom is -0.496 e. The highest BCUT2D eigenvalue weighted by atomic mass is 16.5. The number of ether oxygens (including phenoxy) is 1. The summed E-state index contributed by atoms with van der Waals surface area (Å²) in [6, 6.07) is 4.66. The van der Waals surface area contributed by atoms with Crippen molar-refractivity contribution < 1.29 is 4.74 Å². The van der Waals surface area contributed by atoms with Crippen molar-refractivity contribution in [3.05, 3.63) is 28.8 Å². The molecule has 0 unspecified atom stereocenters. The summed E-state index contributed by atoms with van der Waals surface area (Å²) in [5.41, 5.74) is 9.99. The molecule has 0 fully saturated rings. The topological polar surface area (TPSA) is 35.2 Å². The summed E-state index contributed by atoms with van der Waals surface area (Å²) < 4.78 is 5.55. The first-order valence-electron chi connectivity index (χ1n) is 7.24. The molecule has 0 heterocycles. The quantitative estimate of drug-likeness (QED) is 0.640. The SMILES string of the molecule is COc1cc2c(cc1CCCCN)CCCCC2. The third-order valence-corrected chi connectivity index (χ3v) is 3.90. The lowest BCUT2D eigenvalue weighted by Crippen LogP contribution is -2.02. The zero-order chi connectivity index (χ0) is 12.8. The Bertz CT molecular complexity index is 387. The van der Waals surface area contributed by atoms with Crippen molar-refractivity contribution >= 4 is 0 Å². The standard InChI is InChI=1S/C16H25NO/c1-18-16-12-14-8-4-2-3-7-13(14)11-15(16)9-5-6-10-17/h11-12H,2-10,17H2,1H3. The van der Waals surface area contributed by atoms with Gasteiger partial charge in [-0.2, -0.15) is 0 Å². The van der Waals surface area contributed by atoms with Crippen LogP contribution in [0.5, 0.6) is 5.75 Å². The predicted molar refractivity (Wildman–Crippen MR) is 76.2 cm³/mol. The molecule has 0 aromatic heterocycles. The van der Waals surface area contributed by atoms with E-state index in [0.717, 1.165) is 31.6 Å². The minimum absolute atomic E-state index is 0.785. The second-order valence-corrected chi connectivity index (χ2v) is 5.24. The molecule has 18 heavy (non-hydrogen) atoms. The van der Waals surface area contributed by atoms with Gasteiger partial charge in [0.15, 0.2) is 0 Å². The van der Waals surface area contributed by atoms with Gasteiger partial charge in [0.1, 0.15) is 5.75 Å². The van der Waals surface area contributed by atoms with Crippen LogP contribution in [0, 0.1) is 0 Å². The molecule has 2 heteroatoms. The fourth-order valence-corrected chi connectivity index (χ4v) is 2.84. The Hall–Kier alpha value is -1.02. The van der Waals surface area contributed by atoms with Crippen LogP contribution < -0.4 is 10.5 Å². The molecule has 1 aliphatic carbocycles. The third kappa shape index (κ3) is 3.26. The van der Waals surface area contributed by atoms with Crippen LogP contribution in [-0.4, -0.2) is 13.7 Å². The Labute approximate surface area is 111 Å². The Kier molecular flexibility index (Phi) is 5.06. The van der Waals surface area contributed by atoms with Crippen LogP contribution in [0.4, 0.5) is 0 Å². The van der Waals surface area contributed by atoms with Crippen molar-refractivity contribution in [1.82, 2.24) is 0 Å². The van der Waals surface area contributed by atoms with Crippen molar-refractivity contribution in [2.24, 2.45) is 5.73 Å². The molecule has 0 aliphatic heterocycles. The molecule has 1 aromatic rings. The molecule has 100 valence electrons. The molecular formula is C16H25NO. The van der Waals surface area contributed by atoms with E-state index in [2.05, 4.69) is 12.1 Å². The number of unbranched alkanes of at least 4 members (excludes halogenated alkanes) is 1. The van der Waals surface area contributed by atoms with Gasteiger partial charge in [0.2, 0.25) is 0 Å².